The van der Waals surface area contributed by atoms with Crippen molar-refractivity contribution >= 4 is 20.5 Å². The van der Waals surface area contributed by atoms with Crippen molar-refractivity contribution in [2.24, 2.45) is 5.41 Å². The molecule has 0 unspecified atom stereocenters. The molecule has 5 heteroatoms. The van der Waals surface area contributed by atoms with Crippen LogP contribution in [0.25, 0.3) is 0 Å². The molecule has 0 spiro atoms. The van der Waals surface area contributed by atoms with Gasteiger partial charge in [0.05, 0.1) is 6.61 Å². The lowest BCUT2D eigenvalue weighted by atomic mass is 9.95. The minimum Gasteiger partial charge on any atom is -0.414 e. The van der Waals surface area contributed by atoms with Crippen molar-refractivity contribution in [2.45, 2.75) is 65.7 Å². The van der Waals surface area contributed by atoms with Crippen LogP contribution in [0.2, 0.25) is 18.1 Å². The van der Waals surface area contributed by atoms with Crippen molar-refractivity contribution in [3.8, 4) is 0 Å². The fourth-order valence-corrected chi connectivity index (χ4v) is 2.04. The summed E-state index contributed by atoms with van der Waals surface area (Å²) in [5.74, 6) is -0.136. The van der Waals surface area contributed by atoms with Crippen molar-refractivity contribution in [2.75, 3.05) is 6.61 Å². The highest BCUT2D eigenvalue weighted by atomic mass is 28.4. The molecule has 1 atom stereocenters. The molecule has 0 aliphatic rings. The van der Waals surface area contributed by atoms with E-state index in [2.05, 4.69) is 39.2 Å². The predicted octanol–water partition coefficient (Wildman–Crippen LogP) is 2.74. The first-order chi connectivity index (χ1) is 8.31. The van der Waals surface area contributed by atoms with Gasteiger partial charge in [0.2, 0.25) is 5.91 Å². The van der Waals surface area contributed by atoms with Gasteiger partial charge in [0.25, 0.3) is 0 Å². The van der Waals surface area contributed by atoms with Crippen molar-refractivity contribution in [1.82, 2.24) is 5.32 Å². The second kappa shape index (κ2) is 6.18. The van der Waals surface area contributed by atoms with Gasteiger partial charge in [-0.25, -0.2) is 0 Å². The third-order valence-electron chi connectivity index (χ3n) is 3.59. The Kier molecular flexibility index (Phi) is 5.96. The van der Waals surface area contributed by atoms with Crippen LogP contribution in [-0.2, 0) is 14.0 Å². The molecule has 0 aliphatic heterocycles. The molecule has 1 N–H and O–H groups in total. The quantitative estimate of drug-likeness (QED) is 0.625. The van der Waals surface area contributed by atoms with Crippen LogP contribution < -0.4 is 5.32 Å². The Morgan fingerprint density at radius 2 is 1.68 bits per heavy atom. The molecule has 112 valence electrons. The van der Waals surface area contributed by atoms with E-state index in [1.807, 2.05) is 20.8 Å². The smallest absolute Gasteiger partial charge is 0.226 e. The van der Waals surface area contributed by atoms with Gasteiger partial charge in [-0.05, 0) is 18.1 Å². The summed E-state index contributed by atoms with van der Waals surface area (Å²) in [4.78, 5) is 22.9. The van der Waals surface area contributed by atoms with Crippen LogP contribution in [0.3, 0.4) is 0 Å². The second-order valence-corrected chi connectivity index (χ2v) is 12.3. The molecule has 19 heavy (non-hydrogen) atoms. The Labute approximate surface area is 118 Å². The van der Waals surface area contributed by atoms with Crippen molar-refractivity contribution < 1.29 is 14.0 Å². The largest absolute Gasteiger partial charge is 0.414 e. The zero-order chi connectivity index (χ0) is 15.5. The normalized spacial score (nSPS) is 14.9. The zero-order valence-corrected chi connectivity index (χ0v) is 14.6. The fourth-order valence-electron chi connectivity index (χ4n) is 1.01. The van der Waals surface area contributed by atoms with Gasteiger partial charge in [-0.2, -0.15) is 0 Å². The maximum atomic E-state index is 11.8. The molecule has 0 bridgehead atoms. The number of aldehydes is 1. The highest BCUT2D eigenvalue weighted by molar-refractivity contribution is 6.74. The summed E-state index contributed by atoms with van der Waals surface area (Å²) >= 11 is 0. The molecular weight excluding hydrogens is 258 g/mol. The Balaban J connectivity index is 4.53. The summed E-state index contributed by atoms with van der Waals surface area (Å²) < 4.78 is 5.95. The molecule has 0 saturated heterocycles. The fraction of sp³-hybridized carbons (Fsp3) is 0.857. The molecule has 0 aromatic heterocycles. The van der Waals surface area contributed by atoms with Gasteiger partial charge in [0, 0.05) is 5.41 Å². The van der Waals surface area contributed by atoms with Crippen LogP contribution in [0.5, 0.6) is 0 Å². The molecule has 1 amide bonds. The van der Waals surface area contributed by atoms with Gasteiger partial charge in [0.15, 0.2) is 8.32 Å². The van der Waals surface area contributed by atoms with E-state index < -0.39 is 19.8 Å². The molecule has 0 rings (SSSR count). The Morgan fingerprint density at radius 3 is 2.00 bits per heavy atom. The summed E-state index contributed by atoms with van der Waals surface area (Å²) in [7, 11) is -1.89. The van der Waals surface area contributed by atoms with Crippen LogP contribution in [0, 0.1) is 5.41 Å². The van der Waals surface area contributed by atoms with Gasteiger partial charge in [0.1, 0.15) is 12.3 Å². The predicted molar refractivity (Wildman–Crippen MR) is 80.6 cm³/mol. The molecule has 0 radical (unpaired) electrons. The lowest BCUT2D eigenvalue weighted by Crippen LogP contribution is -2.49. The Morgan fingerprint density at radius 1 is 1.21 bits per heavy atom. The maximum Gasteiger partial charge on any atom is 0.226 e. The summed E-state index contributed by atoms with van der Waals surface area (Å²) in [5.41, 5.74) is -0.502. The first-order valence-electron chi connectivity index (χ1n) is 6.71. The summed E-state index contributed by atoms with van der Waals surface area (Å²) in [6.45, 7) is 16.4. The molecule has 4 nitrogen and oxygen atoms in total. The summed E-state index contributed by atoms with van der Waals surface area (Å²) in [6, 6.07) is -0.569. The maximum absolute atomic E-state index is 11.8. The van der Waals surface area contributed by atoms with Crippen molar-refractivity contribution in [1.29, 1.82) is 0 Å². The number of nitrogens with one attached hydrogen (secondary N) is 1. The van der Waals surface area contributed by atoms with Crippen LogP contribution in [0.4, 0.5) is 0 Å². The van der Waals surface area contributed by atoms with Crippen molar-refractivity contribution in [3.63, 3.8) is 0 Å². The van der Waals surface area contributed by atoms with Gasteiger partial charge >= 0.3 is 0 Å². The van der Waals surface area contributed by atoms with E-state index >= 15 is 0 Å². The average molecular weight is 287 g/mol. The minimum atomic E-state index is -1.89. The van der Waals surface area contributed by atoms with Gasteiger partial charge < -0.3 is 14.5 Å². The third-order valence-corrected chi connectivity index (χ3v) is 8.09. The summed E-state index contributed by atoms with van der Waals surface area (Å²) in [5, 5.41) is 2.81. The number of carbonyl (C=O) groups excluding carboxylic acids is 2. The number of hydrogen-bond acceptors (Lipinski definition) is 3. The van der Waals surface area contributed by atoms with Crippen LogP contribution >= 0.6 is 0 Å². The van der Waals surface area contributed by atoms with E-state index in [1.165, 1.54) is 0 Å². The number of hydrogen-bond donors (Lipinski definition) is 1. The topological polar surface area (TPSA) is 55.4 Å². The molecule has 0 fully saturated rings. The average Bonchev–Trinajstić information content (AvgIpc) is 2.20. The molecule has 0 saturated carbocycles. The van der Waals surface area contributed by atoms with Crippen LogP contribution in [0.15, 0.2) is 0 Å². The first kappa shape index (κ1) is 18.3. The molecule has 0 heterocycles. The van der Waals surface area contributed by atoms with Crippen LogP contribution in [0.1, 0.15) is 41.5 Å². The van der Waals surface area contributed by atoms with E-state index in [9.17, 15) is 9.59 Å². The van der Waals surface area contributed by atoms with Gasteiger partial charge in [-0.1, -0.05) is 41.5 Å². The summed E-state index contributed by atoms with van der Waals surface area (Å²) in [6.07, 6.45) is 0.747. The number of rotatable bonds is 5. The zero-order valence-electron chi connectivity index (χ0n) is 13.6. The highest BCUT2D eigenvalue weighted by Gasteiger charge is 2.37. The van der Waals surface area contributed by atoms with E-state index in [4.69, 9.17) is 4.43 Å². The monoisotopic (exact) mass is 287 g/mol. The van der Waals surface area contributed by atoms with E-state index in [0.29, 0.717) is 0 Å². The number of amides is 1. The van der Waals surface area contributed by atoms with E-state index in [-0.39, 0.29) is 17.6 Å². The third kappa shape index (κ3) is 5.87. The lowest BCUT2D eigenvalue weighted by molar-refractivity contribution is -0.131. The van der Waals surface area contributed by atoms with E-state index in [1.54, 1.807) is 0 Å². The van der Waals surface area contributed by atoms with Gasteiger partial charge in [-0.3, -0.25) is 4.79 Å². The molecule has 0 aliphatic carbocycles. The lowest BCUT2D eigenvalue weighted by Gasteiger charge is -2.37. The van der Waals surface area contributed by atoms with Crippen LogP contribution in [-0.4, -0.2) is 33.2 Å². The minimum absolute atomic E-state index is 0.0917. The van der Waals surface area contributed by atoms with E-state index in [0.717, 1.165) is 6.29 Å². The standard InChI is InChI=1S/C14H29NO3Si/c1-13(2,3)12(17)15-11(9-16)10-18-19(7,8)14(4,5)6/h9,11H,10H2,1-8H3,(H,15,17)/t11-/m1/s1. The molecule has 0 aromatic rings. The molecule has 0 aromatic carbocycles. The Bertz CT molecular complexity index is 327. The molecular formula is C14H29NO3Si. The second-order valence-electron chi connectivity index (χ2n) is 7.54. The highest BCUT2D eigenvalue weighted by Crippen LogP contribution is 2.36. The van der Waals surface area contributed by atoms with Gasteiger partial charge in [-0.15, -0.1) is 0 Å². The first-order valence-corrected chi connectivity index (χ1v) is 9.62. The van der Waals surface area contributed by atoms with Crippen molar-refractivity contribution in [3.05, 3.63) is 0 Å². The Hall–Kier alpha value is -0.683. The number of carbonyl (C=O) groups is 2. The SMILES string of the molecule is CC(C)(C)C(=O)N[C@H](C=O)CO[Si](C)(C)C(C)(C)C.